The van der Waals surface area contributed by atoms with Gasteiger partial charge in [0.15, 0.2) is 6.29 Å². The summed E-state index contributed by atoms with van der Waals surface area (Å²) in [5.74, 6) is -0.481. The van der Waals surface area contributed by atoms with Crippen molar-refractivity contribution in [2.75, 3.05) is 20.3 Å². The van der Waals surface area contributed by atoms with Crippen molar-refractivity contribution in [1.29, 1.82) is 0 Å². The molecular formula is C13H23N3O6. The fraction of sp³-hybridized carbons (Fsp3) is 0.923. The van der Waals surface area contributed by atoms with E-state index in [9.17, 15) is 9.90 Å². The number of hydrogen-bond donors (Lipinski definition) is 1. The maximum absolute atomic E-state index is 10.9. The molecule has 0 saturated carbocycles. The van der Waals surface area contributed by atoms with Gasteiger partial charge in [0, 0.05) is 25.6 Å². The summed E-state index contributed by atoms with van der Waals surface area (Å²) in [5, 5.41) is 14.0. The number of aliphatic hydroxyl groups excluding tert-OH is 1. The first-order valence-corrected chi connectivity index (χ1v) is 7.20. The van der Waals surface area contributed by atoms with Gasteiger partial charge in [-0.15, -0.1) is 0 Å². The normalized spacial score (nSPS) is 31.4. The van der Waals surface area contributed by atoms with Crippen LogP contribution in [0.3, 0.4) is 0 Å². The number of methoxy groups -OCH3 is 1. The number of esters is 1. The van der Waals surface area contributed by atoms with E-state index in [1.807, 2.05) is 6.92 Å². The molecule has 0 aromatic heterocycles. The lowest BCUT2D eigenvalue weighted by Crippen LogP contribution is -2.59. The molecule has 0 spiro atoms. The van der Waals surface area contributed by atoms with Gasteiger partial charge in [-0.05, 0) is 12.0 Å². The topological polar surface area (TPSA) is 123 Å². The molecule has 5 atom stereocenters. The summed E-state index contributed by atoms with van der Waals surface area (Å²) in [6.45, 7) is 3.55. The Labute approximate surface area is 129 Å². The summed E-state index contributed by atoms with van der Waals surface area (Å²) in [6.07, 6.45) is -1.85. The zero-order chi connectivity index (χ0) is 16.5. The Bertz CT molecular complexity index is 401. The third-order valence-electron chi connectivity index (χ3n) is 3.32. The first-order valence-electron chi connectivity index (χ1n) is 7.20. The van der Waals surface area contributed by atoms with Crippen molar-refractivity contribution >= 4 is 5.97 Å². The molecule has 9 nitrogen and oxygen atoms in total. The number of carbonyl (C=O) groups excluding carboxylic acids is 1. The van der Waals surface area contributed by atoms with Gasteiger partial charge in [0.05, 0.1) is 6.10 Å². The van der Waals surface area contributed by atoms with Gasteiger partial charge in [-0.3, -0.25) is 4.79 Å². The smallest absolute Gasteiger partial charge is 0.302 e. The Hall–Kier alpha value is -1.38. The maximum Gasteiger partial charge on any atom is 0.302 e. The standard InChI is InChI=1S/C13H23N3O6/c1-4-5-6-20-12-10(15-16-14)13(19-3)22-9(11(12)18)7-21-8(2)17/h9-13,18H,4-7H2,1-3H3/t9?,10?,11-,12?,13+/m1/s1. The molecule has 1 fully saturated rings. The van der Waals surface area contributed by atoms with E-state index in [4.69, 9.17) is 24.5 Å². The Morgan fingerprint density at radius 3 is 2.77 bits per heavy atom. The lowest BCUT2D eigenvalue weighted by molar-refractivity contribution is -0.266. The second kappa shape index (κ2) is 9.60. The number of aliphatic hydroxyl groups is 1. The average molecular weight is 317 g/mol. The summed E-state index contributed by atoms with van der Waals surface area (Å²) >= 11 is 0. The SMILES string of the molecule is CCCCOC1C(N=[N+]=[N-])[C@@H](OC)OC(COC(C)=O)[C@H]1O. The Morgan fingerprint density at radius 1 is 1.50 bits per heavy atom. The maximum atomic E-state index is 10.9. The van der Waals surface area contributed by atoms with Crippen molar-refractivity contribution in [1.82, 2.24) is 0 Å². The van der Waals surface area contributed by atoms with Crippen LogP contribution >= 0.6 is 0 Å². The first-order chi connectivity index (χ1) is 10.5. The van der Waals surface area contributed by atoms with Gasteiger partial charge < -0.3 is 24.1 Å². The molecule has 9 heteroatoms. The molecular weight excluding hydrogens is 294 g/mol. The second-order valence-corrected chi connectivity index (χ2v) is 4.96. The molecule has 0 amide bonds. The van der Waals surface area contributed by atoms with E-state index in [0.29, 0.717) is 6.61 Å². The number of ether oxygens (including phenoxy) is 4. The zero-order valence-electron chi connectivity index (χ0n) is 13.0. The van der Waals surface area contributed by atoms with Gasteiger partial charge in [-0.1, -0.05) is 18.5 Å². The first kappa shape index (κ1) is 18.7. The number of unbranched alkanes of at least 4 members (excludes halogenated alkanes) is 1. The molecule has 1 aliphatic rings. The van der Waals surface area contributed by atoms with Crippen LogP contribution in [0.25, 0.3) is 10.4 Å². The summed E-state index contributed by atoms with van der Waals surface area (Å²) in [6, 6.07) is -0.824. The van der Waals surface area contributed by atoms with Crippen LogP contribution < -0.4 is 0 Å². The molecule has 1 saturated heterocycles. The molecule has 1 heterocycles. The van der Waals surface area contributed by atoms with Gasteiger partial charge in [-0.25, -0.2) is 0 Å². The van der Waals surface area contributed by atoms with E-state index < -0.39 is 36.6 Å². The van der Waals surface area contributed by atoms with E-state index >= 15 is 0 Å². The van der Waals surface area contributed by atoms with Crippen molar-refractivity contribution in [3.8, 4) is 0 Å². The highest BCUT2D eigenvalue weighted by Gasteiger charge is 2.46. The third kappa shape index (κ3) is 5.11. The summed E-state index contributed by atoms with van der Waals surface area (Å²) in [5.41, 5.74) is 8.69. The van der Waals surface area contributed by atoms with Crippen LogP contribution in [0.5, 0.6) is 0 Å². The molecule has 126 valence electrons. The predicted molar refractivity (Wildman–Crippen MR) is 75.9 cm³/mol. The Balaban J connectivity index is 2.85. The van der Waals surface area contributed by atoms with Gasteiger partial charge in [0.2, 0.25) is 0 Å². The van der Waals surface area contributed by atoms with Crippen molar-refractivity contribution in [3.63, 3.8) is 0 Å². The van der Waals surface area contributed by atoms with E-state index in [-0.39, 0.29) is 6.61 Å². The lowest BCUT2D eigenvalue weighted by Gasteiger charge is -2.42. The lowest BCUT2D eigenvalue weighted by atomic mass is 9.97. The van der Waals surface area contributed by atoms with Crippen molar-refractivity contribution in [2.24, 2.45) is 5.11 Å². The minimum absolute atomic E-state index is 0.132. The molecule has 0 aliphatic carbocycles. The quantitative estimate of drug-likeness (QED) is 0.235. The summed E-state index contributed by atoms with van der Waals surface area (Å²) in [4.78, 5) is 13.7. The predicted octanol–water partition coefficient (Wildman–Crippen LogP) is 1.15. The fourth-order valence-electron chi connectivity index (χ4n) is 2.17. The van der Waals surface area contributed by atoms with E-state index in [2.05, 4.69) is 10.0 Å². The molecule has 0 aromatic rings. The highest BCUT2D eigenvalue weighted by molar-refractivity contribution is 5.65. The van der Waals surface area contributed by atoms with Gasteiger partial charge in [-0.2, -0.15) is 0 Å². The minimum Gasteiger partial charge on any atom is -0.463 e. The molecule has 1 rings (SSSR count). The fourth-order valence-corrected chi connectivity index (χ4v) is 2.17. The van der Waals surface area contributed by atoms with Crippen LogP contribution in [-0.4, -0.2) is 62.0 Å². The van der Waals surface area contributed by atoms with Crippen molar-refractivity contribution < 1.29 is 28.8 Å². The molecule has 0 aromatic carbocycles. The van der Waals surface area contributed by atoms with Crippen LogP contribution in [0, 0.1) is 0 Å². The van der Waals surface area contributed by atoms with Gasteiger partial charge in [0.1, 0.15) is 24.9 Å². The minimum atomic E-state index is -1.10. The number of nitrogens with zero attached hydrogens (tertiary/aromatic N) is 3. The number of azide groups is 1. The third-order valence-corrected chi connectivity index (χ3v) is 3.32. The van der Waals surface area contributed by atoms with Gasteiger partial charge in [0.25, 0.3) is 0 Å². The van der Waals surface area contributed by atoms with Crippen LogP contribution in [0.4, 0.5) is 0 Å². The summed E-state index contributed by atoms with van der Waals surface area (Å²) < 4.78 is 21.2. The second-order valence-electron chi connectivity index (χ2n) is 4.96. The highest BCUT2D eigenvalue weighted by Crippen LogP contribution is 2.27. The van der Waals surface area contributed by atoms with Crippen LogP contribution in [-0.2, 0) is 23.7 Å². The van der Waals surface area contributed by atoms with Crippen LogP contribution in [0.15, 0.2) is 5.11 Å². The highest BCUT2D eigenvalue weighted by atomic mass is 16.7. The molecule has 0 bridgehead atoms. The number of carbonyl (C=O) groups is 1. The largest absolute Gasteiger partial charge is 0.463 e. The summed E-state index contributed by atoms with van der Waals surface area (Å²) in [7, 11) is 1.40. The van der Waals surface area contributed by atoms with E-state index in [0.717, 1.165) is 12.8 Å². The zero-order valence-corrected chi connectivity index (χ0v) is 13.0. The monoisotopic (exact) mass is 317 g/mol. The number of hydrogen-bond acceptors (Lipinski definition) is 7. The van der Waals surface area contributed by atoms with Crippen LogP contribution in [0.2, 0.25) is 0 Å². The van der Waals surface area contributed by atoms with Crippen LogP contribution in [0.1, 0.15) is 26.7 Å². The number of rotatable bonds is 8. The van der Waals surface area contributed by atoms with Crippen molar-refractivity contribution in [3.05, 3.63) is 10.4 Å². The van der Waals surface area contributed by atoms with Gasteiger partial charge >= 0.3 is 5.97 Å². The molecule has 1 aliphatic heterocycles. The Kier molecular flexibility index (Phi) is 8.15. The van der Waals surface area contributed by atoms with Crippen molar-refractivity contribution in [2.45, 2.75) is 57.3 Å². The average Bonchev–Trinajstić information content (AvgIpc) is 2.49. The molecule has 3 unspecified atom stereocenters. The molecule has 0 radical (unpaired) electrons. The van der Waals surface area contributed by atoms with E-state index in [1.165, 1.54) is 14.0 Å². The Morgan fingerprint density at radius 2 is 2.23 bits per heavy atom. The van der Waals surface area contributed by atoms with E-state index in [1.54, 1.807) is 0 Å². The molecule has 22 heavy (non-hydrogen) atoms. The molecule has 1 N–H and O–H groups in total.